The zero-order chi connectivity index (χ0) is 16.5. The Morgan fingerprint density at radius 3 is 1.76 bits per heavy atom. The van der Waals surface area contributed by atoms with Gasteiger partial charge in [0.25, 0.3) is 0 Å². The van der Waals surface area contributed by atoms with Crippen molar-refractivity contribution in [3.05, 3.63) is 0 Å². The molecule has 1 N–H and O–H groups in total. The normalized spacial score (nSPS) is 16.5. The number of aliphatic carboxylic acids is 1. The molecule has 9 heteroatoms. The van der Waals surface area contributed by atoms with E-state index in [0.717, 1.165) is 6.92 Å². The van der Waals surface area contributed by atoms with Gasteiger partial charge in [-0.05, 0) is 6.92 Å². The van der Waals surface area contributed by atoms with Crippen LogP contribution in [0.1, 0.15) is 13.8 Å². The van der Waals surface area contributed by atoms with Gasteiger partial charge >= 0.3 is 5.97 Å². The van der Waals surface area contributed by atoms with E-state index in [-0.39, 0.29) is 0 Å². The molecule has 0 spiro atoms. The second-order valence-corrected chi connectivity index (χ2v) is 4.62. The molecule has 1 unspecified atom stereocenters. The smallest absolute Gasteiger partial charge is 0.339 e. The highest BCUT2D eigenvalue weighted by molar-refractivity contribution is 5.99. The number of nitriles is 4. The molecule has 1 aliphatic heterocycles. The molecule has 1 heterocycles. The fraction of sp³-hybridized carbons (Fsp3) is 0.500. The molecule has 21 heavy (non-hydrogen) atoms. The van der Waals surface area contributed by atoms with E-state index in [1.807, 2.05) is 0 Å². The number of carbonyl (C=O) groups excluding carboxylic acids is 1. The molecular weight excluding hydrogens is 276 g/mol. The number of carboxylic acids is 1. The summed E-state index contributed by atoms with van der Waals surface area (Å²) in [4.78, 5) is 23.6. The Balaban J connectivity index is 3.41. The molecular formula is C12H8N6O3. The van der Waals surface area contributed by atoms with Gasteiger partial charge in [-0.15, -0.1) is 0 Å². The zero-order valence-electron chi connectivity index (χ0n) is 11.0. The highest BCUT2D eigenvalue weighted by Crippen LogP contribution is 2.48. The molecule has 0 aliphatic carbocycles. The Morgan fingerprint density at radius 2 is 1.52 bits per heavy atom. The van der Waals surface area contributed by atoms with Gasteiger partial charge in [0.2, 0.25) is 16.5 Å². The van der Waals surface area contributed by atoms with Crippen molar-refractivity contribution in [2.45, 2.75) is 19.5 Å². The number of ketones is 1. The summed E-state index contributed by atoms with van der Waals surface area (Å²) in [6, 6.07) is 5.55. The van der Waals surface area contributed by atoms with Gasteiger partial charge in [0.15, 0.2) is 5.78 Å². The van der Waals surface area contributed by atoms with Gasteiger partial charge < -0.3 is 5.11 Å². The first kappa shape index (κ1) is 15.8. The lowest BCUT2D eigenvalue weighted by molar-refractivity contribution is -0.149. The third kappa shape index (κ3) is 1.81. The average Bonchev–Trinajstić information content (AvgIpc) is 3.21. The minimum atomic E-state index is -2.69. The number of Topliss-reactive ketones (excluding diaryl/α,β-unsaturated/α-hetero) is 1. The lowest BCUT2D eigenvalue weighted by Gasteiger charge is -2.27. The first-order valence-electron chi connectivity index (χ1n) is 5.58. The van der Waals surface area contributed by atoms with Crippen molar-refractivity contribution in [3.63, 3.8) is 0 Å². The molecule has 0 fully saturated rings. The van der Waals surface area contributed by atoms with Crippen LogP contribution in [0.15, 0.2) is 10.2 Å². The van der Waals surface area contributed by atoms with Crippen LogP contribution >= 0.6 is 0 Å². The molecule has 9 nitrogen and oxygen atoms in total. The molecule has 1 aliphatic rings. The topological polar surface area (TPSA) is 174 Å². The maximum Gasteiger partial charge on any atom is 0.339 e. The van der Waals surface area contributed by atoms with Crippen LogP contribution in [0.2, 0.25) is 0 Å². The number of hydrogen-bond donors (Lipinski definition) is 1. The van der Waals surface area contributed by atoms with Gasteiger partial charge in [-0.2, -0.15) is 31.3 Å². The molecule has 0 aromatic rings. The number of rotatable bonds is 5. The minimum Gasteiger partial charge on any atom is -0.479 e. The van der Waals surface area contributed by atoms with Crippen LogP contribution < -0.4 is 0 Å². The van der Waals surface area contributed by atoms with E-state index in [1.165, 1.54) is 31.2 Å². The van der Waals surface area contributed by atoms with Gasteiger partial charge in [0, 0.05) is 0 Å². The van der Waals surface area contributed by atoms with E-state index in [1.54, 1.807) is 0 Å². The summed E-state index contributed by atoms with van der Waals surface area (Å²) in [6.45, 7) is 2.27. The maximum absolute atomic E-state index is 12.5. The summed E-state index contributed by atoms with van der Waals surface area (Å²) < 4.78 is 0. The fourth-order valence-electron chi connectivity index (χ4n) is 1.83. The SMILES string of the molecule is CC(C(=O)C(C#N)(C#N)C1(C)N=N1)C(C#N)(C#N)C(=O)O. The fourth-order valence-corrected chi connectivity index (χ4v) is 1.83. The second kappa shape index (κ2) is 4.67. The number of carboxylic acid groups (broad SMARTS) is 1. The summed E-state index contributed by atoms with van der Waals surface area (Å²) in [5.74, 6) is -4.72. The molecule has 0 amide bonds. The third-order valence-corrected chi connectivity index (χ3v) is 3.55. The Labute approximate surface area is 119 Å². The Hall–Kier alpha value is -3.30. The van der Waals surface area contributed by atoms with E-state index in [2.05, 4.69) is 10.2 Å². The number of carbonyl (C=O) groups is 2. The van der Waals surface area contributed by atoms with E-state index in [0.29, 0.717) is 0 Å². The maximum atomic E-state index is 12.5. The number of nitrogens with zero attached hydrogens (tertiary/aromatic N) is 6. The van der Waals surface area contributed by atoms with Crippen molar-refractivity contribution in [2.24, 2.45) is 27.0 Å². The van der Waals surface area contributed by atoms with Crippen LogP contribution in [0.25, 0.3) is 0 Å². The predicted molar refractivity (Wildman–Crippen MR) is 62.4 cm³/mol. The summed E-state index contributed by atoms with van der Waals surface area (Å²) in [5.41, 5.74) is -6.68. The summed E-state index contributed by atoms with van der Waals surface area (Å²) in [6.07, 6.45) is 0. The van der Waals surface area contributed by atoms with Crippen molar-refractivity contribution in [1.29, 1.82) is 21.0 Å². The van der Waals surface area contributed by atoms with Crippen LogP contribution in [-0.4, -0.2) is 22.5 Å². The average molecular weight is 284 g/mol. The lowest BCUT2D eigenvalue weighted by atomic mass is 9.66. The summed E-state index contributed by atoms with van der Waals surface area (Å²) >= 11 is 0. The lowest BCUT2D eigenvalue weighted by Crippen LogP contribution is -2.50. The van der Waals surface area contributed by atoms with E-state index >= 15 is 0 Å². The van der Waals surface area contributed by atoms with Gasteiger partial charge in [0.1, 0.15) is 0 Å². The first-order chi connectivity index (χ1) is 9.71. The van der Waals surface area contributed by atoms with Gasteiger partial charge in [0.05, 0.1) is 30.2 Å². The van der Waals surface area contributed by atoms with Crippen molar-refractivity contribution in [3.8, 4) is 24.3 Å². The summed E-state index contributed by atoms with van der Waals surface area (Å²) in [7, 11) is 0. The highest BCUT2D eigenvalue weighted by Gasteiger charge is 2.66. The first-order valence-corrected chi connectivity index (χ1v) is 5.58. The quantitative estimate of drug-likeness (QED) is 0.765. The summed E-state index contributed by atoms with van der Waals surface area (Å²) in [5, 5.41) is 52.4. The van der Waals surface area contributed by atoms with Crippen molar-refractivity contribution >= 4 is 11.8 Å². The standard InChI is InChI=1S/C12H8N6O3/c1-7(11(3-13,4-14)9(20)21)8(19)12(5-15,6-16)10(2)17-18-10/h7H,1-2H3,(H,20,21). The number of hydrogen-bond acceptors (Lipinski definition) is 8. The van der Waals surface area contributed by atoms with E-state index in [9.17, 15) is 20.1 Å². The van der Waals surface area contributed by atoms with Gasteiger partial charge in [-0.1, -0.05) is 6.92 Å². The molecule has 0 bridgehead atoms. The Bertz CT molecular complexity index is 677. The largest absolute Gasteiger partial charge is 0.479 e. The van der Waals surface area contributed by atoms with Crippen molar-refractivity contribution in [1.82, 2.24) is 0 Å². The van der Waals surface area contributed by atoms with Crippen LogP contribution in [0.4, 0.5) is 0 Å². The zero-order valence-corrected chi connectivity index (χ0v) is 11.0. The molecule has 1 atom stereocenters. The third-order valence-electron chi connectivity index (χ3n) is 3.55. The van der Waals surface area contributed by atoms with Crippen LogP contribution in [0.3, 0.4) is 0 Å². The van der Waals surface area contributed by atoms with Gasteiger partial charge in [-0.25, -0.2) is 4.79 Å². The second-order valence-electron chi connectivity index (χ2n) is 4.62. The van der Waals surface area contributed by atoms with Gasteiger partial charge in [-0.3, -0.25) is 4.79 Å². The molecule has 0 saturated carbocycles. The van der Waals surface area contributed by atoms with E-state index < -0.39 is 34.2 Å². The monoisotopic (exact) mass is 284 g/mol. The molecule has 0 aromatic heterocycles. The Kier molecular flexibility index (Phi) is 3.50. The predicted octanol–water partition coefficient (Wildman–Crippen LogP) is 0.525. The molecule has 1 rings (SSSR count). The van der Waals surface area contributed by atoms with Crippen molar-refractivity contribution in [2.75, 3.05) is 0 Å². The molecule has 104 valence electrons. The van der Waals surface area contributed by atoms with Crippen molar-refractivity contribution < 1.29 is 14.7 Å². The minimum absolute atomic E-state index is 1.01. The highest BCUT2D eigenvalue weighted by atomic mass is 16.4. The van der Waals surface area contributed by atoms with Crippen LogP contribution in [0.5, 0.6) is 0 Å². The molecule has 0 saturated heterocycles. The van der Waals surface area contributed by atoms with Crippen LogP contribution in [0, 0.1) is 62.1 Å². The Morgan fingerprint density at radius 1 is 1.10 bits per heavy atom. The van der Waals surface area contributed by atoms with E-state index in [4.69, 9.17) is 15.6 Å². The van der Waals surface area contributed by atoms with Crippen LogP contribution in [-0.2, 0) is 9.59 Å². The molecule has 0 aromatic carbocycles. The molecule has 0 radical (unpaired) electrons.